The monoisotopic (exact) mass is 474 g/mol. The maximum absolute atomic E-state index is 13.1. The number of hydrogen-bond acceptors (Lipinski definition) is 3. The van der Waals surface area contributed by atoms with Gasteiger partial charge in [0, 0.05) is 11.5 Å². The fraction of sp³-hybridized carbons (Fsp3) is 0.393. The summed E-state index contributed by atoms with van der Waals surface area (Å²) in [5.41, 5.74) is 14.0. The maximum atomic E-state index is 13.1. The molecular weight excluding hydrogens is 444 g/mol. The summed E-state index contributed by atoms with van der Waals surface area (Å²) >= 11 is 8.91. The molecule has 3 aromatic carbocycles. The van der Waals surface area contributed by atoms with E-state index in [0.717, 1.165) is 37.2 Å². The highest BCUT2D eigenvalue weighted by Gasteiger charge is 2.49. The molecular formula is C28H30N2OS2. The number of hydrogen-bond donors (Lipinski definition) is 3. The Hall–Kier alpha value is -2.11. The van der Waals surface area contributed by atoms with Crippen molar-refractivity contribution >= 4 is 42.1 Å². The van der Waals surface area contributed by atoms with Crippen LogP contribution in [0.4, 0.5) is 4.79 Å². The topological polar surface area (TPSA) is 46.3 Å². The molecule has 3 nitrogen and oxygen atoms in total. The number of carbonyl (C=O) groups is 1. The molecule has 6 rings (SSSR count). The minimum atomic E-state index is -0.288. The summed E-state index contributed by atoms with van der Waals surface area (Å²) in [5, 5.41) is 2.57. The van der Waals surface area contributed by atoms with Gasteiger partial charge in [0.25, 0.3) is 0 Å². The summed E-state index contributed by atoms with van der Waals surface area (Å²) in [5.74, 6) is 2.43. The lowest BCUT2D eigenvalue weighted by molar-refractivity contribution is 0.0136. The van der Waals surface area contributed by atoms with Gasteiger partial charge in [-0.25, -0.2) is 4.79 Å². The molecule has 1 aliphatic heterocycles. The first kappa shape index (κ1) is 21.4. The van der Waals surface area contributed by atoms with Gasteiger partial charge in [-0.1, -0.05) is 48.5 Å². The normalized spacial score (nSPS) is 25.7. The van der Waals surface area contributed by atoms with Crippen molar-refractivity contribution in [3.05, 3.63) is 81.9 Å². The molecule has 1 fully saturated rings. The smallest absolute Gasteiger partial charge is 0.315 e. The van der Waals surface area contributed by atoms with Gasteiger partial charge in [0.05, 0.1) is 12.1 Å². The number of nitrogens with zero attached hydrogens (tertiary/aromatic N) is 1. The summed E-state index contributed by atoms with van der Waals surface area (Å²) in [6.07, 6.45) is 5.56. The van der Waals surface area contributed by atoms with Crippen LogP contribution in [0.3, 0.4) is 0 Å². The van der Waals surface area contributed by atoms with Gasteiger partial charge in [0.1, 0.15) is 0 Å². The van der Waals surface area contributed by atoms with Gasteiger partial charge in [0.2, 0.25) is 0 Å². The van der Waals surface area contributed by atoms with Crippen LogP contribution in [0.5, 0.6) is 0 Å². The van der Waals surface area contributed by atoms with Crippen LogP contribution in [0.15, 0.2) is 48.5 Å². The number of aryl methyl sites for hydroxylation is 2. The van der Waals surface area contributed by atoms with E-state index in [1.807, 2.05) is 0 Å². The Morgan fingerprint density at radius 3 is 2.30 bits per heavy atom. The van der Waals surface area contributed by atoms with Gasteiger partial charge in [0.15, 0.2) is 0 Å². The molecule has 3 aliphatic rings. The number of rotatable bonds is 2. The van der Waals surface area contributed by atoms with Crippen LogP contribution in [-0.4, -0.2) is 10.9 Å². The van der Waals surface area contributed by atoms with Crippen LogP contribution in [0.2, 0.25) is 0 Å². The SMILES string of the molecule is NC(=O)N1C2c3ccc(CS)cc3CCC2CC2CCc3c(ccc4cc(CS)ccc34)C21. The molecule has 2 aliphatic carbocycles. The molecule has 2 amide bonds. The molecule has 170 valence electrons. The second kappa shape index (κ2) is 8.28. The predicted octanol–water partition coefficient (Wildman–Crippen LogP) is 6.39. The zero-order chi connectivity index (χ0) is 22.7. The number of carbonyl (C=O) groups excluding carboxylic acids is 1. The summed E-state index contributed by atoms with van der Waals surface area (Å²) < 4.78 is 0. The molecule has 4 unspecified atom stereocenters. The van der Waals surface area contributed by atoms with Crippen LogP contribution >= 0.6 is 25.3 Å². The molecule has 5 heteroatoms. The van der Waals surface area contributed by atoms with Crippen molar-refractivity contribution in [2.45, 2.75) is 55.7 Å². The standard InChI is InChI=1S/C28H30N2OS2/c29-28(31)30-26-20(4-3-19-12-17(15-33)2-8-23(19)26)13-21-6-9-24-22-7-1-16(14-32)11-18(22)5-10-25(24)27(21)30/h1-2,5,7-8,10-12,20-21,26-27,32-33H,3-4,6,9,13-15H2,(H2,29,31). The van der Waals surface area contributed by atoms with Crippen molar-refractivity contribution in [1.29, 1.82) is 0 Å². The predicted molar refractivity (Wildman–Crippen MR) is 141 cm³/mol. The molecule has 33 heavy (non-hydrogen) atoms. The number of nitrogens with two attached hydrogens (primary N) is 1. The van der Waals surface area contributed by atoms with Crippen molar-refractivity contribution in [2.75, 3.05) is 0 Å². The zero-order valence-corrected chi connectivity index (χ0v) is 20.5. The lowest BCUT2D eigenvalue weighted by Gasteiger charge is -2.54. The highest BCUT2D eigenvalue weighted by molar-refractivity contribution is 7.79. The summed E-state index contributed by atoms with van der Waals surface area (Å²) in [6, 6.07) is 17.7. The Labute approximate surface area is 206 Å². The van der Waals surface area contributed by atoms with E-state index in [9.17, 15) is 4.79 Å². The molecule has 0 bridgehead atoms. The molecule has 3 aromatic rings. The van der Waals surface area contributed by atoms with Gasteiger partial charge < -0.3 is 10.6 Å². The minimum Gasteiger partial charge on any atom is -0.351 e. The first-order valence-corrected chi connectivity index (χ1v) is 13.3. The molecule has 1 saturated heterocycles. The first-order valence-electron chi connectivity index (χ1n) is 12.0. The average molecular weight is 475 g/mol. The fourth-order valence-corrected chi connectivity index (χ4v) is 7.35. The number of amides is 2. The summed E-state index contributed by atoms with van der Waals surface area (Å²) in [7, 11) is 0. The van der Waals surface area contributed by atoms with Gasteiger partial charge >= 0.3 is 6.03 Å². The lowest BCUT2D eigenvalue weighted by Crippen LogP contribution is -2.52. The van der Waals surface area contributed by atoms with Gasteiger partial charge in [-0.15, -0.1) is 0 Å². The second-order valence-corrected chi connectivity index (χ2v) is 10.6. The third-order valence-electron chi connectivity index (χ3n) is 8.34. The molecule has 2 N–H and O–H groups in total. The molecule has 4 atom stereocenters. The van der Waals surface area contributed by atoms with Crippen LogP contribution in [0.25, 0.3) is 10.8 Å². The van der Waals surface area contributed by atoms with Crippen LogP contribution < -0.4 is 5.73 Å². The third kappa shape index (κ3) is 3.38. The number of benzene rings is 3. The Morgan fingerprint density at radius 2 is 1.55 bits per heavy atom. The molecule has 0 saturated carbocycles. The largest absolute Gasteiger partial charge is 0.351 e. The van der Waals surface area contributed by atoms with E-state index >= 15 is 0 Å². The quantitative estimate of drug-likeness (QED) is 0.370. The van der Waals surface area contributed by atoms with Gasteiger partial charge in [-0.05, 0) is 88.1 Å². The van der Waals surface area contributed by atoms with Crippen LogP contribution in [0, 0.1) is 11.8 Å². The fourth-order valence-electron chi connectivity index (χ4n) is 6.96. The van der Waals surface area contributed by atoms with E-state index in [-0.39, 0.29) is 18.1 Å². The number of urea groups is 1. The Balaban J connectivity index is 1.49. The van der Waals surface area contributed by atoms with Crippen molar-refractivity contribution < 1.29 is 4.79 Å². The van der Waals surface area contributed by atoms with Gasteiger partial charge in [-0.3, -0.25) is 0 Å². The van der Waals surface area contributed by atoms with Crippen molar-refractivity contribution in [2.24, 2.45) is 17.6 Å². The van der Waals surface area contributed by atoms with Gasteiger partial charge in [-0.2, -0.15) is 25.3 Å². The number of likely N-dealkylation sites (tertiary alicyclic amines) is 1. The van der Waals surface area contributed by atoms with Crippen LogP contribution in [-0.2, 0) is 24.3 Å². The highest BCUT2D eigenvalue weighted by Crippen LogP contribution is 2.55. The zero-order valence-electron chi connectivity index (χ0n) is 18.7. The Kier molecular flexibility index (Phi) is 5.38. The van der Waals surface area contributed by atoms with E-state index in [1.165, 1.54) is 50.6 Å². The first-order chi connectivity index (χ1) is 16.1. The minimum absolute atomic E-state index is 0.0527. The van der Waals surface area contributed by atoms with E-state index in [0.29, 0.717) is 11.8 Å². The molecule has 0 radical (unpaired) electrons. The average Bonchev–Trinajstić information content (AvgIpc) is 2.85. The number of primary amides is 1. The van der Waals surface area contributed by atoms with E-state index in [1.54, 1.807) is 0 Å². The Morgan fingerprint density at radius 1 is 0.879 bits per heavy atom. The van der Waals surface area contributed by atoms with E-state index < -0.39 is 0 Å². The molecule has 0 aromatic heterocycles. The molecule has 1 heterocycles. The Bertz CT molecular complexity index is 1260. The van der Waals surface area contributed by atoms with Crippen molar-refractivity contribution in [3.63, 3.8) is 0 Å². The summed E-state index contributed by atoms with van der Waals surface area (Å²) in [4.78, 5) is 15.1. The number of piperidine rings is 1. The second-order valence-electron chi connectivity index (χ2n) is 10.0. The van der Waals surface area contributed by atoms with Crippen LogP contribution in [0.1, 0.15) is 64.7 Å². The van der Waals surface area contributed by atoms with E-state index in [2.05, 4.69) is 78.7 Å². The summed E-state index contributed by atoms with van der Waals surface area (Å²) in [6.45, 7) is 0. The van der Waals surface area contributed by atoms with Crippen molar-refractivity contribution in [3.8, 4) is 0 Å². The third-order valence-corrected chi connectivity index (χ3v) is 9.07. The van der Waals surface area contributed by atoms with E-state index in [4.69, 9.17) is 5.73 Å². The number of fused-ring (bicyclic) bond motifs is 8. The number of thiol groups is 2. The lowest BCUT2D eigenvalue weighted by atomic mass is 9.65. The maximum Gasteiger partial charge on any atom is 0.315 e. The molecule has 0 spiro atoms. The van der Waals surface area contributed by atoms with Crippen molar-refractivity contribution in [1.82, 2.24) is 4.90 Å². The highest BCUT2D eigenvalue weighted by atomic mass is 32.1.